The van der Waals surface area contributed by atoms with Crippen LogP contribution < -0.4 is 9.80 Å². The number of hydrogen-bond donors (Lipinski definition) is 1. The van der Waals surface area contributed by atoms with Gasteiger partial charge in [0, 0.05) is 50.1 Å². The van der Waals surface area contributed by atoms with E-state index in [1.807, 2.05) is 20.8 Å². The minimum atomic E-state index is -0.465. The Morgan fingerprint density at radius 3 is 2.48 bits per heavy atom. The molecule has 1 aromatic carbocycles. The molecule has 2 atom stereocenters. The van der Waals surface area contributed by atoms with Crippen LogP contribution in [0.3, 0.4) is 0 Å². The number of carbonyl (C=O) groups excluding carboxylic acids is 1. The van der Waals surface area contributed by atoms with Crippen molar-refractivity contribution in [2.45, 2.75) is 58.8 Å². The zero-order chi connectivity index (χ0) is 19.8. The first-order chi connectivity index (χ1) is 12.6. The fourth-order valence-corrected chi connectivity index (χ4v) is 3.97. The second-order valence-corrected chi connectivity index (χ2v) is 8.83. The summed E-state index contributed by atoms with van der Waals surface area (Å²) in [6.07, 6.45) is 0.392. The largest absolute Gasteiger partial charge is 0.444 e. The summed E-state index contributed by atoms with van der Waals surface area (Å²) >= 11 is 0. The molecule has 0 aliphatic carbocycles. The minimum absolute atomic E-state index is 0.218. The molecular weight excluding hydrogens is 342 g/mol. The summed E-state index contributed by atoms with van der Waals surface area (Å²) in [7, 11) is 0. The van der Waals surface area contributed by atoms with Crippen LogP contribution in [0.15, 0.2) is 18.2 Å². The second-order valence-electron chi connectivity index (χ2n) is 8.83. The number of benzene rings is 1. The van der Waals surface area contributed by atoms with Gasteiger partial charge in [0.05, 0.1) is 6.10 Å². The number of aliphatic hydroxyl groups excluding tert-OH is 1. The third-order valence-electron chi connectivity index (χ3n) is 5.30. The molecule has 27 heavy (non-hydrogen) atoms. The lowest BCUT2D eigenvalue weighted by molar-refractivity contribution is 0.0219. The predicted molar refractivity (Wildman–Crippen MR) is 109 cm³/mol. The van der Waals surface area contributed by atoms with Gasteiger partial charge in [0.15, 0.2) is 0 Å². The third-order valence-corrected chi connectivity index (χ3v) is 5.30. The summed E-state index contributed by atoms with van der Waals surface area (Å²) in [5.74, 6) is 0. The van der Waals surface area contributed by atoms with Gasteiger partial charge in [0.1, 0.15) is 5.60 Å². The number of amides is 1. The van der Waals surface area contributed by atoms with Crippen LogP contribution in [0.2, 0.25) is 0 Å². The van der Waals surface area contributed by atoms with Crippen molar-refractivity contribution in [2.24, 2.45) is 0 Å². The van der Waals surface area contributed by atoms with E-state index in [-0.39, 0.29) is 18.2 Å². The van der Waals surface area contributed by atoms with E-state index in [4.69, 9.17) is 4.74 Å². The summed E-state index contributed by atoms with van der Waals surface area (Å²) in [5.41, 5.74) is 3.15. The van der Waals surface area contributed by atoms with Gasteiger partial charge in [-0.25, -0.2) is 4.79 Å². The van der Waals surface area contributed by atoms with Gasteiger partial charge in [0.2, 0.25) is 0 Å². The molecule has 2 fully saturated rings. The van der Waals surface area contributed by atoms with Gasteiger partial charge in [-0.1, -0.05) is 0 Å². The zero-order valence-electron chi connectivity index (χ0n) is 17.2. The molecule has 0 bridgehead atoms. The van der Waals surface area contributed by atoms with Gasteiger partial charge in [-0.15, -0.1) is 0 Å². The summed E-state index contributed by atoms with van der Waals surface area (Å²) in [4.78, 5) is 18.8. The maximum absolute atomic E-state index is 12.3. The number of hydrogen-bond acceptors (Lipinski definition) is 5. The Morgan fingerprint density at radius 2 is 1.93 bits per heavy atom. The van der Waals surface area contributed by atoms with E-state index in [0.29, 0.717) is 19.6 Å². The molecule has 0 saturated carbocycles. The standard InChI is InChI=1S/C21H33N3O3/c1-15-12-17(6-7-19(15)22-9-8-18(25)14-22)24-11-10-23(13-16(24)2)20(26)27-21(3,4)5/h6-7,12,16,18,25H,8-11,13-14H2,1-5H3/t16-,18+/m1/s1. The second kappa shape index (κ2) is 7.58. The molecule has 6 nitrogen and oxygen atoms in total. The number of nitrogens with zero attached hydrogens (tertiary/aromatic N) is 3. The summed E-state index contributed by atoms with van der Waals surface area (Å²) in [5, 5.41) is 9.79. The van der Waals surface area contributed by atoms with E-state index >= 15 is 0 Å². The molecule has 1 amide bonds. The number of aryl methyl sites for hydroxylation is 1. The number of aliphatic hydroxyl groups is 1. The highest BCUT2D eigenvalue weighted by atomic mass is 16.6. The van der Waals surface area contributed by atoms with E-state index < -0.39 is 5.60 Å². The molecule has 0 spiro atoms. The predicted octanol–water partition coefficient (Wildman–Crippen LogP) is 3.01. The maximum Gasteiger partial charge on any atom is 0.410 e. The van der Waals surface area contributed by atoms with Crippen molar-refractivity contribution in [3.8, 4) is 0 Å². The fraction of sp³-hybridized carbons (Fsp3) is 0.667. The number of ether oxygens (including phenoxy) is 1. The summed E-state index contributed by atoms with van der Waals surface area (Å²) in [6.45, 7) is 13.7. The zero-order valence-corrected chi connectivity index (χ0v) is 17.2. The molecule has 0 unspecified atom stereocenters. The van der Waals surface area contributed by atoms with Crippen molar-refractivity contribution in [1.82, 2.24) is 4.90 Å². The molecule has 1 N–H and O–H groups in total. The Labute approximate surface area is 162 Å². The highest BCUT2D eigenvalue weighted by molar-refractivity contribution is 5.69. The van der Waals surface area contributed by atoms with Crippen LogP contribution in [0.1, 0.15) is 39.7 Å². The number of rotatable bonds is 2. The van der Waals surface area contributed by atoms with Crippen LogP contribution in [-0.2, 0) is 4.74 Å². The van der Waals surface area contributed by atoms with Gasteiger partial charge in [-0.2, -0.15) is 0 Å². The van der Waals surface area contributed by atoms with Crippen LogP contribution in [-0.4, -0.2) is 66.6 Å². The highest BCUT2D eigenvalue weighted by Crippen LogP contribution is 2.30. The topological polar surface area (TPSA) is 56.2 Å². The Bertz CT molecular complexity index is 686. The first-order valence-corrected chi connectivity index (χ1v) is 9.92. The number of carbonyl (C=O) groups is 1. The van der Waals surface area contributed by atoms with Crippen molar-refractivity contribution in [1.29, 1.82) is 0 Å². The van der Waals surface area contributed by atoms with Gasteiger partial charge in [-0.3, -0.25) is 0 Å². The molecule has 150 valence electrons. The molecule has 6 heteroatoms. The van der Waals surface area contributed by atoms with Gasteiger partial charge in [-0.05, 0) is 64.8 Å². The Balaban J connectivity index is 1.66. The normalized spacial score (nSPS) is 23.7. The third kappa shape index (κ3) is 4.67. The van der Waals surface area contributed by atoms with E-state index in [0.717, 1.165) is 19.5 Å². The molecule has 0 aromatic heterocycles. The lowest BCUT2D eigenvalue weighted by atomic mass is 10.1. The fourth-order valence-electron chi connectivity index (χ4n) is 3.97. The quantitative estimate of drug-likeness (QED) is 0.861. The first-order valence-electron chi connectivity index (χ1n) is 9.92. The van der Waals surface area contributed by atoms with E-state index in [9.17, 15) is 9.90 Å². The van der Waals surface area contributed by atoms with Crippen molar-refractivity contribution in [3.05, 3.63) is 23.8 Å². The van der Waals surface area contributed by atoms with Crippen molar-refractivity contribution >= 4 is 17.5 Å². The Kier molecular flexibility index (Phi) is 5.56. The van der Waals surface area contributed by atoms with Gasteiger partial charge >= 0.3 is 6.09 Å². The van der Waals surface area contributed by atoms with Gasteiger partial charge < -0.3 is 24.5 Å². The van der Waals surface area contributed by atoms with E-state index in [1.54, 1.807) is 4.90 Å². The van der Waals surface area contributed by atoms with Crippen molar-refractivity contribution in [2.75, 3.05) is 42.5 Å². The average molecular weight is 376 g/mol. The smallest absolute Gasteiger partial charge is 0.410 e. The van der Waals surface area contributed by atoms with Crippen LogP contribution in [0.4, 0.5) is 16.2 Å². The molecular formula is C21H33N3O3. The monoisotopic (exact) mass is 375 g/mol. The van der Waals surface area contributed by atoms with Crippen molar-refractivity contribution in [3.63, 3.8) is 0 Å². The average Bonchev–Trinajstić information content (AvgIpc) is 2.99. The SMILES string of the molecule is Cc1cc(N2CCN(C(=O)OC(C)(C)C)C[C@H]2C)ccc1N1CC[C@H](O)C1. The number of piperazine rings is 1. The van der Waals surface area contributed by atoms with Crippen LogP contribution in [0.25, 0.3) is 0 Å². The molecule has 2 saturated heterocycles. The van der Waals surface area contributed by atoms with Gasteiger partial charge in [0.25, 0.3) is 0 Å². The molecule has 2 aliphatic rings. The Morgan fingerprint density at radius 1 is 1.19 bits per heavy atom. The molecule has 3 rings (SSSR count). The lowest BCUT2D eigenvalue weighted by Crippen LogP contribution is -2.54. The minimum Gasteiger partial charge on any atom is -0.444 e. The van der Waals surface area contributed by atoms with Crippen LogP contribution in [0, 0.1) is 6.92 Å². The number of anilines is 2. The number of β-amino-alcohol motifs (C(OH)–C–C–N with tert-alkyl or cyclic N) is 1. The first kappa shape index (κ1) is 19.8. The van der Waals surface area contributed by atoms with E-state index in [1.165, 1.54) is 16.9 Å². The maximum atomic E-state index is 12.3. The van der Waals surface area contributed by atoms with Crippen LogP contribution in [0.5, 0.6) is 0 Å². The Hall–Kier alpha value is -1.95. The summed E-state index contributed by atoms with van der Waals surface area (Å²) < 4.78 is 5.51. The molecule has 2 heterocycles. The summed E-state index contributed by atoms with van der Waals surface area (Å²) in [6, 6.07) is 6.77. The van der Waals surface area contributed by atoms with Crippen molar-refractivity contribution < 1.29 is 14.6 Å². The lowest BCUT2D eigenvalue weighted by Gasteiger charge is -2.41. The molecule has 1 aromatic rings. The molecule has 0 radical (unpaired) electrons. The highest BCUT2D eigenvalue weighted by Gasteiger charge is 2.30. The molecule has 2 aliphatic heterocycles. The van der Waals surface area contributed by atoms with E-state index in [2.05, 4.69) is 41.8 Å². The van der Waals surface area contributed by atoms with Crippen LogP contribution >= 0.6 is 0 Å².